The lowest BCUT2D eigenvalue weighted by atomic mass is 10.2. The van der Waals surface area contributed by atoms with Crippen molar-refractivity contribution in [2.45, 2.75) is 24.0 Å². The first kappa shape index (κ1) is 15.0. The van der Waals surface area contributed by atoms with Crippen LogP contribution in [0.4, 0.5) is 0 Å². The molecule has 7 heteroatoms. The number of carboxylic acids is 1. The van der Waals surface area contributed by atoms with Crippen molar-refractivity contribution in [3.63, 3.8) is 0 Å². The van der Waals surface area contributed by atoms with Crippen molar-refractivity contribution in [2.75, 3.05) is 17.3 Å². The quantitative estimate of drug-likeness (QED) is 0.575. The molecule has 0 radical (unpaired) electrons. The minimum Gasteiger partial charge on any atom is -0.479 e. The lowest BCUT2D eigenvalue weighted by Gasteiger charge is -2.18. The number of aliphatic carboxylic acids is 1. The van der Waals surface area contributed by atoms with Gasteiger partial charge in [0.25, 0.3) is 0 Å². The summed E-state index contributed by atoms with van der Waals surface area (Å²) in [6.07, 6.45) is -0.664. The van der Waals surface area contributed by atoms with Gasteiger partial charge in [-0.3, -0.25) is 4.79 Å². The Labute approximate surface area is 115 Å². The summed E-state index contributed by atoms with van der Waals surface area (Å²) in [5, 5.41) is 9.02. The number of hydrogen-bond donors (Lipinski definition) is 2. The monoisotopic (exact) mass is 296 g/mol. The van der Waals surface area contributed by atoms with E-state index in [1.165, 1.54) is 0 Å². The zero-order valence-corrected chi connectivity index (χ0v) is 12.0. The Morgan fingerprint density at radius 1 is 1.47 bits per heavy atom. The van der Waals surface area contributed by atoms with Gasteiger partial charge in [-0.1, -0.05) is 6.92 Å². The molecule has 98 valence electrons. The topological polar surface area (TPSA) is 63.6 Å². The van der Waals surface area contributed by atoms with E-state index in [2.05, 4.69) is 12.6 Å². The van der Waals surface area contributed by atoms with E-state index in [4.69, 9.17) is 9.84 Å². The van der Waals surface area contributed by atoms with Crippen LogP contribution in [0.2, 0.25) is 0 Å². The van der Waals surface area contributed by atoms with Gasteiger partial charge in [0.1, 0.15) is 0 Å². The maximum atomic E-state index is 11.5. The van der Waals surface area contributed by atoms with Crippen LogP contribution in [0.5, 0.6) is 0 Å². The number of thiol groups is 1. The van der Waals surface area contributed by atoms with Gasteiger partial charge in [0.2, 0.25) is 6.10 Å². The second-order valence-corrected chi connectivity index (χ2v) is 7.04. The number of thioether (sulfide) groups is 2. The number of esters is 1. The average Bonchev–Trinajstić information content (AvgIpc) is 2.79. The minimum absolute atomic E-state index is 0.218. The lowest BCUT2D eigenvalue weighted by molar-refractivity contribution is -0.166. The third-order valence-corrected chi connectivity index (χ3v) is 5.94. The van der Waals surface area contributed by atoms with Crippen molar-refractivity contribution in [3.8, 4) is 0 Å². The molecule has 1 fully saturated rings. The number of carbonyl (C=O) groups excluding carboxylic acids is 1. The van der Waals surface area contributed by atoms with Crippen LogP contribution in [0.15, 0.2) is 0 Å². The lowest BCUT2D eigenvalue weighted by Crippen LogP contribution is -2.31. The Kier molecular flexibility index (Phi) is 6.58. The van der Waals surface area contributed by atoms with Crippen LogP contribution in [-0.2, 0) is 14.3 Å². The van der Waals surface area contributed by atoms with Crippen molar-refractivity contribution in [3.05, 3.63) is 0 Å². The van der Waals surface area contributed by atoms with Crippen molar-refractivity contribution < 1.29 is 19.4 Å². The van der Waals surface area contributed by atoms with E-state index in [-0.39, 0.29) is 10.5 Å². The number of carboxylic acid groups (broad SMARTS) is 1. The molecule has 0 spiro atoms. The predicted octanol–water partition coefficient (Wildman–Crippen LogP) is 1.74. The number of hydrogen-bond acceptors (Lipinski definition) is 6. The van der Waals surface area contributed by atoms with E-state index >= 15 is 0 Å². The van der Waals surface area contributed by atoms with Crippen molar-refractivity contribution >= 4 is 48.1 Å². The zero-order valence-electron chi connectivity index (χ0n) is 9.50. The largest absolute Gasteiger partial charge is 0.479 e. The maximum absolute atomic E-state index is 11.5. The molecule has 0 unspecified atom stereocenters. The molecule has 1 aliphatic rings. The second kappa shape index (κ2) is 7.43. The summed E-state index contributed by atoms with van der Waals surface area (Å²) in [6.45, 7) is 1.67. The molecule has 0 amide bonds. The average molecular weight is 296 g/mol. The summed E-state index contributed by atoms with van der Waals surface area (Å²) in [5.74, 6) is 0.492. The summed E-state index contributed by atoms with van der Waals surface area (Å²) in [7, 11) is 0. The fourth-order valence-electron chi connectivity index (χ4n) is 1.25. The summed E-state index contributed by atoms with van der Waals surface area (Å²) >= 11 is 7.43. The molecule has 17 heavy (non-hydrogen) atoms. The Morgan fingerprint density at radius 2 is 2.06 bits per heavy atom. The molecule has 0 aromatic heterocycles. The van der Waals surface area contributed by atoms with Crippen molar-refractivity contribution in [1.29, 1.82) is 0 Å². The van der Waals surface area contributed by atoms with Crippen LogP contribution >= 0.6 is 36.2 Å². The molecule has 2 atom stereocenters. The first-order chi connectivity index (χ1) is 8.04. The van der Waals surface area contributed by atoms with E-state index in [0.717, 1.165) is 11.5 Å². The predicted molar refractivity (Wildman–Crippen MR) is 73.9 cm³/mol. The van der Waals surface area contributed by atoms with Gasteiger partial charge in [-0.05, 0) is 0 Å². The highest BCUT2D eigenvalue weighted by Crippen LogP contribution is 2.35. The Morgan fingerprint density at radius 3 is 2.53 bits per heavy atom. The van der Waals surface area contributed by atoms with Crippen LogP contribution in [0.25, 0.3) is 0 Å². The fourth-order valence-corrected chi connectivity index (χ4v) is 4.28. The Bertz CT molecular complexity index is 279. The highest BCUT2D eigenvalue weighted by Gasteiger charge is 2.29. The van der Waals surface area contributed by atoms with Gasteiger partial charge < -0.3 is 9.84 Å². The standard InChI is InChI=1S/C10H16O4S3/c1-6(5-15)10(13)14-7(9(11)12)4-8-16-2-3-17-8/h6-8,15H,2-5H2,1H3,(H,11,12)/t6-,7+/m1/s1. The zero-order chi connectivity index (χ0) is 12.8. The Hall–Kier alpha value is -0.0100. The van der Waals surface area contributed by atoms with Crippen LogP contribution in [0, 0.1) is 5.92 Å². The molecule has 0 bridgehead atoms. The Balaban J connectivity index is 2.47. The molecular weight excluding hydrogens is 280 g/mol. The fraction of sp³-hybridized carbons (Fsp3) is 0.800. The highest BCUT2D eigenvalue weighted by molar-refractivity contribution is 8.20. The molecule has 0 aromatic carbocycles. The first-order valence-corrected chi connectivity index (χ1v) is 8.05. The van der Waals surface area contributed by atoms with E-state index in [1.54, 1.807) is 30.4 Å². The summed E-state index contributed by atoms with van der Waals surface area (Å²) in [6, 6.07) is 0. The van der Waals surface area contributed by atoms with E-state index in [0.29, 0.717) is 12.2 Å². The van der Waals surface area contributed by atoms with Gasteiger partial charge in [-0.2, -0.15) is 12.6 Å². The van der Waals surface area contributed by atoms with E-state index < -0.39 is 18.0 Å². The summed E-state index contributed by atoms with van der Waals surface area (Å²) in [5.41, 5.74) is 0. The first-order valence-electron chi connectivity index (χ1n) is 5.32. The summed E-state index contributed by atoms with van der Waals surface area (Å²) < 4.78 is 5.23. The van der Waals surface area contributed by atoms with Crippen LogP contribution in [0.3, 0.4) is 0 Å². The molecule has 0 aliphatic carbocycles. The van der Waals surface area contributed by atoms with Gasteiger partial charge in [0.15, 0.2) is 0 Å². The van der Waals surface area contributed by atoms with Gasteiger partial charge in [0.05, 0.1) is 10.5 Å². The molecule has 1 N–H and O–H groups in total. The smallest absolute Gasteiger partial charge is 0.345 e. The third kappa shape index (κ3) is 5.01. The van der Waals surface area contributed by atoms with Crippen molar-refractivity contribution in [1.82, 2.24) is 0 Å². The SMILES string of the molecule is C[C@H](CS)C(=O)O[C@@H](CC1SCCS1)C(=O)O. The third-order valence-electron chi connectivity index (χ3n) is 2.31. The van der Waals surface area contributed by atoms with Gasteiger partial charge >= 0.3 is 11.9 Å². The molecule has 0 saturated carbocycles. The number of carbonyl (C=O) groups is 2. The molecule has 1 aliphatic heterocycles. The van der Waals surface area contributed by atoms with E-state index in [1.807, 2.05) is 0 Å². The van der Waals surface area contributed by atoms with Crippen LogP contribution in [-0.4, -0.2) is 45.0 Å². The number of ether oxygens (including phenoxy) is 1. The molecule has 4 nitrogen and oxygen atoms in total. The van der Waals surface area contributed by atoms with Crippen LogP contribution < -0.4 is 0 Å². The molecule has 1 saturated heterocycles. The van der Waals surface area contributed by atoms with Crippen LogP contribution in [0.1, 0.15) is 13.3 Å². The normalized spacial score (nSPS) is 19.9. The molecule has 0 aromatic rings. The second-order valence-electron chi connectivity index (χ2n) is 3.75. The van der Waals surface area contributed by atoms with E-state index in [9.17, 15) is 9.59 Å². The van der Waals surface area contributed by atoms with Gasteiger partial charge in [0, 0.05) is 23.7 Å². The molecule has 1 heterocycles. The van der Waals surface area contributed by atoms with Crippen molar-refractivity contribution in [2.24, 2.45) is 5.92 Å². The molecular formula is C10H16O4S3. The minimum atomic E-state index is -1.07. The maximum Gasteiger partial charge on any atom is 0.345 e. The number of rotatable bonds is 6. The van der Waals surface area contributed by atoms with Gasteiger partial charge in [-0.25, -0.2) is 4.79 Å². The van der Waals surface area contributed by atoms with Gasteiger partial charge in [-0.15, -0.1) is 23.5 Å². The highest BCUT2D eigenvalue weighted by atomic mass is 32.2. The molecule has 1 rings (SSSR count). The summed E-state index contributed by atoms with van der Waals surface area (Å²) in [4.78, 5) is 22.5.